The fourth-order valence-electron chi connectivity index (χ4n) is 4.28. The van der Waals surface area contributed by atoms with Crippen LogP contribution >= 0.6 is 0 Å². The Bertz CT molecular complexity index is 882. The highest BCUT2D eigenvalue weighted by molar-refractivity contribution is 5.79. The average molecular weight is 377 g/mol. The molecule has 1 aliphatic heterocycles. The number of carbonyl (C=O) groups excluding carboxylic acids is 1. The molecule has 0 spiro atoms. The molecule has 0 radical (unpaired) electrons. The lowest BCUT2D eigenvalue weighted by molar-refractivity contribution is -0.148. The standard InChI is InChI=1S/C23H23NO4/c1-2-23(21(25)26)11-13-24(14-12-23)22(27)28-15-20-18-9-5-3-7-16(18)17-8-4-6-10-19(17)20/h2-10,20H,1,11-15H2,(H,25,26). The van der Waals surface area contributed by atoms with Crippen LogP contribution in [0.3, 0.4) is 0 Å². The van der Waals surface area contributed by atoms with Crippen molar-refractivity contribution in [2.75, 3.05) is 19.7 Å². The molecule has 0 unspecified atom stereocenters. The van der Waals surface area contributed by atoms with Gasteiger partial charge in [0.2, 0.25) is 0 Å². The van der Waals surface area contributed by atoms with E-state index in [1.165, 1.54) is 28.3 Å². The van der Waals surface area contributed by atoms with Crippen LogP contribution in [-0.4, -0.2) is 41.8 Å². The molecule has 0 aromatic heterocycles. The second kappa shape index (κ2) is 7.15. The Labute approximate surface area is 164 Å². The summed E-state index contributed by atoms with van der Waals surface area (Å²) in [7, 11) is 0. The van der Waals surface area contributed by atoms with Gasteiger partial charge in [0.25, 0.3) is 0 Å². The fraction of sp³-hybridized carbons (Fsp3) is 0.304. The van der Waals surface area contributed by atoms with Crippen molar-refractivity contribution in [2.45, 2.75) is 18.8 Å². The molecule has 1 amide bonds. The Morgan fingerprint density at radius 3 is 2.11 bits per heavy atom. The van der Waals surface area contributed by atoms with Gasteiger partial charge >= 0.3 is 12.1 Å². The van der Waals surface area contributed by atoms with Gasteiger partial charge in [-0.2, -0.15) is 0 Å². The highest BCUT2D eigenvalue weighted by Gasteiger charge is 2.40. The molecule has 0 bridgehead atoms. The van der Waals surface area contributed by atoms with Crippen LogP contribution in [0.25, 0.3) is 11.1 Å². The molecule has 1 aliphatic carbocycles. The number of likely N-dealkylation sites (tertiary alicyclic amines) is 1. The number of hydrogen-bond acceptors (Lipinski definition) is 3. The van der Waals surface area contributed by atoms with Gasteiger partial charge in [-0.3, -0.25) is 4.79 Å². The first-order valence-corrected chi connectivity index (χ1v) is 9.53. The Kier molecular flexibility index (Phi) is 4.67. The minimum atomic E-state index is -0.944. The third kappa shape index (κ3) is 2.97. The number of aliphatic carboxylic acids is 1. The number of fused-ring (bicyclic) bond motifs is 3. The molecular formula is C23H23NO4. The first-order valence-electron chi connectivity index (χ1n) is 9.53. The minimum absolute atomic E-state index is 0.0208. The zero-order valence-corrected chi connectivity index (χ0v) is 15.6. The zero-order valence-electron chi connectivity index (χ0n) is 15.6. The molecule has 1 fully saturated rings. The topological polar surface area (TPSA) is 66.8 Å². The third-order valence-electron chi connectivity index (χ3n) is 6.07. The lowest BCUT2D eigenvalue weighted by Crippen LogP contribution is -2.46. The number of carboxylic acids is 1. The second-order valence-electron chi connectivity index (χ2n) is 7.46. The largest absolute Gasteiger partial charge is 0.481 e. The predicted octanol–water partition coefficient (Wildman–Crippen LogP) is 4.29. The number of carboxylic acid groups (broad SMARTS) is 1. The van der Waals surface area contributed by atoms with E-state index in [1.807, 2.05) is 24.3 Å². The molecule has 2 aliphatic rings. The molecule has 144 valence electrons. The summed E-state index contributed by atoms with van der Waals surface area (Å²) in [5.74, 6) is -0.859. The highest BCUT2D eigenvalue weighted by atomic mass is 16.6. The maximum Gasteiger partial charge on any atom is 0.409 e. The molecule has 2 aromatic rings. The molecule has 5 nitrogen and oxygen atoms in total. The number of rotatable bonds is 4. The monoisotopic (exact) mass is 377 g/mol. The number of amides is 1. The second-order valence-corrected chi connectivity index (χ2v) is 7.46. The molecule has 0 atom stereocenters. The van der Waals surface area contributed by atoms with E-state index in [4.69, 9.17) is 4.74 Å². The van der Waals surface area contributed by atoms with E-state index in [0.29, 0.717) is 25.9 Å². The van der Waals surface area contributed by atoms with Crippen molar-refractivity contribution in [1.29, 1.82) is 0 Å². The first-order chi connectivity index (χ1) is 13.6. The van der Waals surface area contributed by atoms with Crippen molar-refractivity contribution >= 4 is 12.1 Å². The van der Waals surface area contributed by atoms with E-state index in [-0.39, 0.29) is 18.6 Å². The van der Waals surface area contributed by atoms with Crippen LogP contribution < -0.4 is 0 Å². The van der Waals surface area contributed by atoms with E-state index in [0.717, 1.165) is 0 Å². The molecule has 0 saturated carbocycles. The summed E-state index contributed by atoms with van der Waals surface area (Å²) in [6.45, 7) is 4.65. The number of carbonyl (C=O) groups is 2. The fourth-order valence-corrected chi connectivity index (χ4v) is 4.28. The Balaban J connectivity index is 1.44. The molecule has 2 aromatic carbocycles. The van der Waals surface area contributed by atoms with E-state index < -0.39 is 11.4 Å². The van der Waals surface area contributed by atoms with Crippen LogP contribution in [0.15, 0.2) is 61.2 Å². The van der Waals surface area contributed by atoms with Gasteiger partial charge in [0.15, 0.2) is 0 Å². The van der Waals surface area contributed by atoms with Crippen molar-refractivity contribution in [2.24, 2.45) is 5.41 Å². The third-order valence-corrected chi connectivity index (χ3v) is 6.07. The van der Waals surface area contributed by atoms with Crippen molar-refractivity contribution in [3.63, 3.8) is 0 Å². The molecule has 1 saturated heterocycles. The van der Waals surface area contributed by atoms with Crippen LogP contribution in [0.5, 0.6) is 0 Å². The average Bonchev–Trinajstić information content (AvgIpc) is 3.06. The Morgan fingerprint density at radius 1 is 1.07 bits per heavy atom. The zero-order chi connectivity index (χ0) is 19.7. The van der Waals surface area contributed by atoms with E-state index in [9.17, 15) is 14.7 Å². The lowest BCUT2D eigenvalue weighted by atomic mass is 9.79. The maximum absolute atomic E-state index is 12.6. The Hall–Kier alpha value is -3.08. The minimum Gasteiger partial charge on any atom is -0.481 e. The number of benzene rings is 2. The molecule has 4 rings (SSSR count). The van der Waals surface area contributed by atoms with Gasteiger partial charge in [0, 0.05) is 19.0 Å². The van der Waals surface area contributed by atoms with Crippen LogP contribution in [0.2, 0.25) is 0 Å². The van der Waals surface area contributed by atoms with Crippen LogP contribution in [0.1, 0.15) is 29.9 Å². The van der Waals surface area contributed by atoms with Crippen LogP contribution in [0.4, 0.5) is 4.79 Å². The number of nitrogens with zero attached hydrogens (tertiary/aromatic N) is 1. The van der Waals surface area contributed by atoms with Crippen molar-refractivity contribution in [3.8, 4) is 11.1 Å². The van der Waals surface area contributed by atoms with Crippen molar-refractivity contribution in [3.05, 3.63) is 72.3 Å². The summed E-state index contributed by atoms with van der Waals surface area (Å²) < 4.78 is 5.66. The first kappa shape index (κ1) is 18.3. The molecular weight excluding hydrogens is 354 g/mol. The maximum atomic E-state index is 12.6. The van der Waals surface area contributed by atoms with Crippen molar-refractivity contribution in [1.82, 2.24) is 4.90 Å². The predicted molar refractivity (Wildman–Crippen MR) is 106 cm³/mol. The van der Waals surface area contributed by atoms with Crippen LogP contribution in [-0.2, 0) is 9.53 Å². The SMILES string of the molecule is C=CC1(C(=O)O)CCN(C(=O)OCC2c3ccccc3-c3ccccc32)CC1. The molecule has 1 N–H and O–H groups in total. The lowest BCUT2D eigenvalue weighted by Gasteiger charge is -2.36. The summed E-state index contributed by atoms with van der Waals surface area (Å²) >= 11 is 0. The van der Waals surface area contributed by atoms with E-state index >= 15 is 0 Å². The van der Waals surface area contributed by atoms with Gasteiger partial charge in [0.05, 0.1) is 5.41 Å². The van der Waals surface area contributed by atoms with E-state index in [1.54, 1.807) is 4.90 Å². The van der Waals surface area contributed by atoms with Crippen molar-refractivity contribution < 1.29 is 19.4 Å². The summed E-state index contributed by atoms with van der Waals surface area (Å²) in [6.07, 6.45) is 1.82. The molecule has 1 heterocycles. The summed E-state index contributed by atoms with van der Waals surface area (Å²) in [5, 5.41) is 9.44. The van der Waals surface area contributed by atoms with Gasteiger partial charge in [-0.05, 0) is 35.1 Å². The van der Waals surface area contributed by atoms with Crippen LogP contribution in [0, 0.1) is 5.41 Å². The smallest absolute Gasteiger partial charge is 0.409 e. The van der Waals surface area contributed by atoms with Gasteiger partial charge in [-0.25, -0.2) is 4.79 Å². The molecule has 28 heavy (non-hydrogen) atoms. The summed E-state index contributed by atoms with van der Waals surface area (Å²) in [6, 6.07) is 16.4. The highest BCUT2D eigenvalue weighted by Crippen LogP contribution is 2.44. The normalized spacial score (nSPS) is 17.5. The van der Waals surface area contributed by atoms with Gasteiger partial charge in [-0.1, -0.05) is 54.6 Å². The van der Waals surface area contributed by atoms with Gasteiger partial charge in [0.1, 0.15) is 6.61 Å². The number of hydrogen-bond donors (Lipinski definition) is 1. The quantitative estimate of drug-likeness (QED) is 0.807. The van der Waals surface area contributed by atoms with Gasteiger partial charge in [-0.15, -0.1) is 6.58 Å². The summed E-state index contributed by atoms with van der Waals surface area (Å²) in [4.78, 5) is 25.7. The van der Waals surface area contributed by atoms with E-state index in [2.05, 4.69) is 30.8 Å². The molecule has 5 heteroatoms. The number of ether oxygens (including phenoxy) is 1. The Morgan fingerprint density at radius 2 is 1.61 bits per heavy atom. The number of piperidine rings is 1. The van der Waals surface area contributed by atoms with Gasteiger partial charge < -0.3 is 14.7 Å². The summed E-state index contributed by atoms with van der Waals surface area (Å²) in [5.41, 5.74) is 3.78.